The van der Waals surface area contributed by atoms with Gasteiger partial charge < -0.3 is 4.90 Å². The molecule has 3 rings (SSSR count). The molecule has 0 bridgehead atoms. The van der Waals surface area contributed by atoms with E-state index in [4.69, 9.17) is 4.98 Å². The number of nitrogens with zero attached hydrogens (tertiary/aromatic N) is 5. The SMILES string of the molecule is Cc1nc(-c2cccnc2)nc2c1CCC(=O)N2CCCN(C)C. The normalized spacial score (nSPS) is 14.2. The lowest BCUT2D eigenvalue weighted by atomic mass is 10.0. The van der Waals surface area contributed by atoms with E-state index >= 15 is 0 Å². The van der Waals surface area contributed by atoms with Crippen LogP contribution < -0.4 is 4.90 Å². The Morgan fingerprint density at radius 2 is 2.08 bits per heavy atom. The minimum absolute atomic E-state index is 0.150. The van der Waals surface area contributed by atoms with E-state index in [2.05, 4.69) is 14.9 Å². The zero-order valence-electron chi connectivity index (χ0n) is 14.5. The van der Waals surface area contributed by atoms with Crippen molar-refractivity contribution in [1.82, 2.24) is 19.9 Å². The number of rotatable bonds is 5. The molecule has 0 spiro atoms. The number of pyridine rings is 1. The summed E-state index contributed by atoms with van der Waals surface area (Å²) in [5.74, 6) is 1.56. The average Bonchev–Trinajstić information content (AvgIpc) is 2.57. The smallest absolute Gasteiger partial charge is 0.228 e. The molecule has 2 aromatic heterocycles. The number of aryl methyl sites for hydroxylation is 1. The summed E-state index contributed by atoms with van der Waals surface area (Å²) in [6, 6.07) is 3.81. The number of carbonyl (C=O) groups is 1. The molecule has 0 atom stereocenters. The molecule has 0 aliphatic carbocycles. The van der Waals surface area contributed by atoms with E-state index in [0.717, 1.165) is 42.0 Å². The predicted molar refractivity (Wildman–Crippen MR) is 93.8 cm³/mol. The van der Waals surface area contributed by atoms with Gasteiger partial charge in [0.15, 0.2) is 5.82 Å². The summed E-state index contributed by atoms with van der Waals surface area (Å²) in [6.07, 6.45) is 5.65. The quantitative estimate of drug-likeness (QED) is 0.842. The van der Waals surface area contributed by atoms with Crippen LogP contribution in [0, 0.1) is 6.92 Å². The third-order valence-electron chi connectivity index (χ3n) is 4.24. The molecule has 0 saturated heterocycles. The number of anilines is 1. The Labute approximate surface area is 142 Å². The summed E-state index contributed by atoms with van der Waals surface area (Å²) >= 11 is 0. The molecule has 0 aromatic carbocycles. The van der Waals surface area contributed by atoms with E-state index in [-0.39, 0.29) is 5.91 Å². The van der Waals surface area contributed by atoms with Crippen LogP contribution in [0.25, 0.3) is 11.4 Å². The largest absolute Gasteiger partial charge is 0.309 e. The van der Waals surface area contributed by atoms with Gasteiger partial charge in [-0.15, -0.1) is 0 Å². The van der Waals surface area contributed by atoms with Crippen LogP contribution in [0.5, 0.6) is 0 Å². The van der Waals surface area contributed by atoms with Gasteiger partial charge in [0.05, 0.1) is 0 Å². The summed E-state index contributed by atoms with van der Waals surface area (Å²) in [5, 5.41) is 0. The molecule has 6 heteroatoms. The Morgan fingerprint density at radius 1 is 1.25 bits per heavy atom. The Bertz CT molecular complexity index is 730. The summed E-state index contributed by atoms with van der Waals surface area (Å²) in [5.41, 5.74) is 2.91. The fraction of sp³-hybridized carbons (Fsp3) is 0.444. The third kappa shape index (κ3) is 3.43. The van der Waals surface area contributed by atoms with Gasteiger partial charge in [-0.1, -0.05) is 0 Å². The molecule has 1 aliphatic rings. The Kier molecular flexibility index (Phi) is 4.85. The summed E-state index contributed by atoms with van der Waals surface area (Å²) in [4.78, 5) is 29.9. The van der Waals surface area contributed by atoms with Gasteiger partial charge >= 0.3 is 0 Å². The first-order valence-electron chi connectivity index (χ1n) is 8.29. The molecule has 0 unspecified atom stereocenters. The number of hydrogen-bond acceptors (Lipinski definition) is 5. The fourth-order valence-corrected chi connectivity index (χ4v) is 2.98. The number of hydrogen-bond donors (Lipinski definition) is 0. The molecule has 126 valence electrons. The molecule has 2 aromatic rings. The van der Waals surface area contributed by atoms with E-state index in [1.54, 1.807) is 12.4 Å². The average molecular weight is 325 g/mol. The first-order chi connectivity index (χ1) is 11.6. The molecule has 3 heterocycles. The first-order valence-corrected chi connectivity index (χ1v) is 8.29. The van der Waals surface area contributed by atoms with Gasteiger partial charge in [0.25, 0.3) is 0 Å². The molecular weight excluding hydrogens is 302 g/mol. The van der Waals surface area contributed by atoms with Gasteiger partial charge in [-0.25, -0.2) is 9.97 Å². The van der Waals surface area contributed by atoms with Crippen LogP contribution in [0.3, 0.4) is 0 Å². The maximum atomic E-state index is 12.4. The molecule has 0 fully saturated rings. The monoisotopic (exact) mass is 325 g/mol. The highest BCUT2D eigenvalue weighted by Gasteiger charge is 2.27. The molecule has 1 amide bonds. The maximum absolute atomic E-state index is 12.4. The maximum Gasteiger partial charge on any atom is 0.228 e. The van der Waals surface area contributed by atoms with Crippen LogP contribution in [-0.4, -0.2) is 52.9 Å². The van der Waals surface area contributed by atoms with Crippen LogP contribution in [-0.2, 0) is 11.2 Å². The van der Waals surface area contributed by atoms with Crippen molar-refractivity contribution in [2.24, 2.45) is 0 Å². The van der Waals surface area contributed by atoms with Gasteiger partial charge in [-0.05, 0) is 52.5 Å². The summed E-state index contributed by atoms with van der Waals surface area (Å²) in [7, 11) is 4.08. The molecule has 0 N–H and O–H groups in total. The highest BCUT2D eigenvalue weighted by Crippen LogP contribution is 2.30. The van der Waals surface area contributed by atoms with Crippen LogP contribution in [0.15, 0.2) is 24.5 Å². The van der Waals surface area contributed by atoms with E-state index in [1.165, 1.54) is 0 Å². The second-order valence-electron chi connectivity index (χ2n) is 6.38. The molecule has 24 heavy (non-hydrogen) atoms. The van der Waals surface area contributed by atoms with Crippen LogP contribution in [0.2, 0.25) is 0 Å². The topological polar surface area (TPSA) is 62.2 Å². The summed E-state index contributed by atoms with van der Waals surface area (Å²) < 4.78 is 0. The van der Waals surface area contributed by atoms with Crippen molar-refractivity contribution in [2.75, 3.05) is 32.1 Å². The molecule has 1 aliphatic heterocycles. The van der Waals surface area contributed by atoms with Crippen LogP contribution in [0.1, 0.15) is 24.1 Å². The minimum atomic E-state index is 0.150. The van der Waals surface area contributed by atoms with Gasteiger partial charge in [0, 0.05) is 42.2 Å². The lowest BCUT2D eigenvalue weighted by Gasteiger charge is -2.29. The van der Waals surface area contributed by atoms with E-state index in [0.29, 0.717) is 18.8 Å². The number of aromatic nitrogens is 3. The fourth-order valence-electron chi connectivity index (χ4n) is 2.98. The number of amides is 1. The van der Waals surface area contributed by atoms with Crippen molar-refractivity contribution in [1.29, 1.82) is 0 Å². The molecule has 6 nitrogen and oxygen atoms in total. The van der Waals surface area contributed by atoms with Crippen LogP contribution >= 0.6 is 0 Å². The van der Waals surface area contributed by atoms with Crippen LogP contribution in [0.4, 0.5) is 5.82 Å². The van der Waals surface area contributed by atoms with Crippen molar-refractivity contribution in [3.8, 4) is 11.4 Å². The van der Waals surface area contributed by atoms with Gasteiger partial charge in [-0.2, -0.15) is 0 Å². The van der Waals surface area contributed by atoms with Crippen molar-refractivity contribution in [2.45, 2.75) is 26.2 Å². The second kappa shape index (κ2) is 7.05. The van der Waals surface area contributed by atoms with E-state index in [1.807, 2.05) is 38.1 Å². The zero-order valence-corrected chi connectivity index (χ0v) is 14.5. The number of carbonyl (C=O) groups excluding carboxylic acids is 1. The lowest BCUT2D eigenvalue weighted by Crippen LogP contribution is -2.38. The van der Waals surface area contributed by atoms with Crippen molar-refractivity contribution >= 4 is 11.7 Å². The van der Waals surface area contributed by atoms with Gasteiger partial charge in [0.1, 0.15) is 5.82 Å². The predicted octanol–water partition coefficient (Wildman–Crippen LogP) is 2.08. The molecule has 0 saturated carbocycles. The van der Waals surface area contributed by atoms with E-state index < -0.39 is 0 Å². The first kappa shape index (κ1) is 16.5. The second-order valence-corrected chi connectivity index (χ2v) is 6.38. The number of fused-ring (bicyclic) bond motifs is 1. The zero-order chi connectivity index (χ0) is 17.1. The standard InChI is InChI=1S/C18H23N5O/c1-13-15-7-8-16(24)23(11-5-10-22(2)3)18(15)21-17(20-13)14-6-4-9-19-12-14/h4,6,9,12H,5,7-8,10-11H2,1-3H3. The van der Waals surface area contributed by atoms with E-state index in [9.17, 15) is 4.79 Å². The van der Waals surface area contributed by atoms with Crippen molar-refractivity contribution < 1.29 is 4.79 Å². The van der Waals surface area contributed by atoms with Crippen molar-refractivity contribution in [3.05, 3.63) is 35.8 Å². The highest BCUT2D eigenvalue weighted by atomic mass is 16.2. The van der Waals surface area contributed by atoms with Gasteiger partial charge in [-0.3, -0.25) is 14.7 Å². The Morgan fingerprint density at radius 3 is 2.79 bits per heavy atom. The minimum Gasteiger partial charge on any atom is -0.309 e. The molecule has 0 radical (unpaired) electrons. The van der Waals surface area contributed by atoms with Crippen molar-refractivity contribution in [3.63, 3.8) is 0 Å². The third-order valence-corrected chi connectivity index (χ3v) is 4.24. The highest BCUT2D eigenvalue weighted by molar-refractivity contribution is 5.95. The summed E-state index contributed by atoms with van der Waals surface area (Å²) in [6.45, 7) is 3.62. The van der Waals surface area contributed by atoms with Gasteiger partial charge in [0.2, 0.25) is 5.91 Å². The Hall–Kier alpha value is -2.34. The molecular formula is C18H23N5O. The Balaban J connectivity index is 1.95. The lowest BCUT2D eigenvalue weighted by molar-refractivity contribution is -0.119.